The van der Waals surface area contributed by atoms with Crippen molar-refractivity contribution in [2.45, 2.75) is 32.2 Å². The van der Waals surface area contributed by atoms with Crippen molar-refractivity contribution in [3.05, 3.63) is 23.8 Å². The summed E-state index contributed by atoms with van der Waals surface area (Å²) in [4.78, 5) is 5.36. The van der Waals surface area contributed by atoms with Gasteiger partial charge in [-0.25, -0.2) is 0 Å². The van der Waals surface area contributed by atoms with E-state index in [9.17, 15) is 0 Å². The largest absolute Gasteiger partial charge is 0.385 e. The van der Waals surface area contributed by atoms with Crippen LogP contribution in [0.15, 0.2) is 18.2 Å². The summed E-state index contributed by atoms with van der Waals surface area (Å²) in [6.07, 6.45) is 4.18. The maximum atomic E-state index is 3.44. The lowest BCUT2D eigenvalue weighted by atomic mass is 9.94. The Hall–Kier alpha value is -0.640. The van der Waals surface area contributed by atoms with Gasteiger partial charge in [0.2, 0.25) is 0 Å². The zero-order chi connectivity index (χ0) is 13.5. The number of piperazine rings is 1. The number of benzene rings is 1. The van der Waals surface area contributed by atoms with Crippen molar-refractivity contribution >= 4 is 36.2 Å². The number of fused-ring (bicyclic) bond motifs is 4. The van der Waals surface area contributed by atoms with E-state index in [2.05, 4.69) is 40.2 Å². The summed E-state index contributed by atoms with van der Waals surface area (Å²) < 4.78 is 0. The molecule has 0 amide bonds. The van der Waals surface area contributed by atoms with Gasteiger partial charge in [0.1, 0.15) is 0 Å². The highest BCUT2D eigenvalue weighted by Gasteiger charge is 2.35. The lowest BCUT2D eigenvalue weighted by molar-refractivity contribution is 0.162. The fraction of sp³-hybridized carbons (Fsp3) is 0.647. The highest BCUT2D eigenvalue weighted by molar-refractivity contribution is 5.85. The Balaban J connectivity index is 0.000000882. The maximum absolute atomic E-state index is 3.44. The van der Waals surface area contributed by atoms with Crippen LogP contribution < -0.4 is 10.2 Å². The second-order valence-corrected chi connectivity index (χ2v) is 6.62. The van der Waals surface area contributed by atoms with E-state index in [1.54, 1.807) is 5.56 Å². The molecule has 3 aliphatic rings. The molecule has 4 rings (SSSR count). The summed E-state index contributed by atoms with van der Waals surface area (Å²) in [6.45, 7) is 8.19. The van der Waals surface area contributed by atoms with E-state index < -0.39 is 0 Å². The number of anilines is 2. The van der Waals surface area contributed by atoms with E-state index in [1.807, 2.05) is 0 Å². The van der Waals surface area contributed by atoms with Crippen LogP contribution in [0.1, 0.15) is 25.3 Å². The second kappa shape index (κ2) is 7.29. The van der Waals surface area contributed by atoms with Crippen molar-refractivity contribution in [3.63, 3.8) is 0 Å². The first-order valence-corrected chi connectivity index (χ1v) is 8.19. The molecule has 22 heavy (non-hydrogen) atoms. The lowest BCUT2D eigenvalue weighted by Gasteiger charge is -2.47. The van der Waals surface area contributed by atoms with Crippen LogP contribution in [0.25, 0.3) is 0 Å². The number of hydrogen-bond donors (Lipinski definition) is 1. The van der Waals surface area contributed by atoms with Gasteiger partial charge in [-0.2, -0.15) is 0 Å². The minimum atomic E-state index is 0. The van der Waals surface area contributed by atoms with Gasteiger partial charge >= 0.3 is 0 Å². The molecule has 124 valence electrons. The molecule has 0 radical (unpaired) electrons. The molecule has 1 aromatic carbocycles. The van der Waals surface area contributed by atoms with E-state index in [1.165, 1.54) is 56.8 Å². The molecule has 1 saturated carbocycles. The smallest absolute Gasteiger partial charge is 0.0421 e. The van der Waals surface area contributed by atoms with Gasteiger partial charge in [-0.15, -0.1) is 24.8 Å². The zero-order valence-electron chi connectivity index (χ0n) is 13.3. The fourth-order valence-corrected chi connectivity index (χ4v) is 3.78. The van der Waals surface area contributed by atoms with Gasteiger partial charge in [-0.1, -0.05) is 6.07 Å². The molecule has 0 aromatic heterocycles. The number of rotatable bonds is 4. The molecule has 1 aliphatic carbocycles. The van der Waals surface area contributed by atoms with E-state index in [-0.39, 0.29) is 24.8 Å². The molecule has 1 atom stereocenters. The quantitative estimate of drug-likeness (QED) is 0.903. The zero-order valence-corrected chi connectivity index (χ0v) is 14.9. The Morgan fingerprint density at radius 3 is 2.73 bits per heavy atom. The average Bonchev–Trinajstić information content (AvgIpc) is 3.27. The molecule has 1 saturated heterocycles. The summed E-state index contributed by atoms with van der Waals surface area (Å²) in [5.74, 6) is 1.01. The Bertz CT molecular complexity index is 505. The van der Waals surface area contributed by atoms with Crippen LogP contribution in [0.2, 0.25) is 0 Å². The van der Waals surface area contributed by atoms with Crippen LogP contribution in [-0.4, -0.2) is 43.7 Å². The SMILES string of the molecule is CCNc1ccc2c(c1)N1CCN(CC3CC3)C(C2)C1.Cl.Cl. The molecular weight excluding hydrogens is 317 g/mol. The van der Waals surface area contributed by atoms with Crippen LogP contribution in [0.3, 0.4) is 0 Å². The Morgan fingerprint density at radius 2 is 2.00 bits per heavy atom. The van der Waals surface area contributed by atoms with Crippen molar-refractivity contribution in [1.82, 2.24) is 4.90 Å². The van der Waals surface area contributed by atoms with Crippen LogP contribution in [0.5, 0.6) is 0 Å². The summed E-state index contributed by atoms with van der Waals surface area (Å²) in [7, 11) is 0. The van der Waals surface area contributed by atoms with Gasteiger partial charge < -0.3 is 10.2 Å². The van der Waals surface area contributed by atoms with Crippen LogP contribution in [0.4, 0.5) is 11.4 Å². The molecule has 2 heterocycles. The molecule has 2 bridgehead atoms. The first-order valence-electron chi connectivity index (χ1n) is 8.19. The predicted octanol–water partition coefficient (Wildman–Crippen LogP) is 3.42. The van der Waals surface area contributed by atoms with Crippen LogP contribution in [-0.2, 0) is 6.42 Å². The molecule has 2 fully saturated rings. The van der Waals surface area contributed by atoms with Crippen molar-refractivity contribution in [2.75, 3.05) is 42.9 Å². The summed E-state index contributed by atoms with van der Waals surface area (Å²) >= 11 is 0. The molecule has 1 N–H and O–H groups in total. The normalized spacial score (nSPS) is 23.1. The molecule has 1 unspecified atom stereocenters. The molecule has 2 aliphatic heterocycles. The molecule has 0 spiro atoms. The molecule has 1 aromatic rings. The van der Waals surface area contributed by atoms with Crippen molar-refractivity contribution in [1.29, 1.82) is 0 Å². The predicted molar refractivity (Wildman–Crippen MR) is 99.1 cm³/mol. The van der Waals surface area contributed by atoms with Crippen molar-refractivity contribution in [2.24, 2.45) is 5.92 Å². The standard InChI is InChI=1S/C17H25N3.2ClH/c1-2-18-15-6-5-14-9-16-12-20(17(14)10-15)8-7-19(16)11-13-3-4-13;;/h5-6,10,13,16,18H,2-4,7-9,11-12H2,1H3;2*1H. The third-order valence-corrected chi connectivity index (χ3v) is 5.06. The fourth-order valence-electron chi connectivity index (χ4n) is 3.78. The molecule has 5 heteroatoms. The van der Waals surface area contributed by atoms with E-state index in [0.717, 1.165) is 18.5 Å². The monoisotopic (exact) mass is 343 g/mol. The number of hydrogen-bond acceptors (Lipinski definition) is 3. The summed E-state index contributed by atoms with van der Waals surface area (Å²) in [5, 5.41) is 3.44. The Kier molecular flexibility index (Phi) is 5.87. The maximum Gasteiger partial charge on any atom is 0.0421 e. The van der Waals surface area contributed by atoms with Gasteiger partial charge in [0.15, 0.2) is 0 Å². The van der Waals surface area contributed by atoms with Crippen LogP contribution >= 0.6 is 24.8 Å². The number of nitrogens with one attached hydrogen (secondary N) is 1. The third-order valence-electron chi connectivity index (χ3n) is 5.06. The number of halogens is 2. The lowest BCUT2D eigenvalue weighted by Crippen LogP contribution is -2.57. The topological polar surface area (TPSA) is 18.5 Å². The first-order chi connectivity index (χ1) is 9.83. The third kappa shape index (κ3) is 3.47. The summed E-state index contributed by atoms with van der Waals surface area (Å²) in [5.41, 5.74) is 4.29. The van der Waals surface area contributed by atoms with Crippen molar-refractivity contribution in [3.8, 4) is 0 Å². The molecular formula is C17H27Cl2N3. The minimum Gasteiger partial charge on any atom is -0.385 e. The highest BCUT2D eigenvalue weighted by atomic mass is 35.5. The Morgan fingerprint density at radius 1 is 1.18 bits per heavy atom. The summed E-state index contributed by atoms with van der Waals surface area (Å²) in [6, 6.07) is 7.69. The van der Waals surface area contributed by atoms with Crippen LogP contribution in [0, 0.1) is 5.92 Å². The van der Waals surface area contributed by atoms with Crippen molar-refractivity contribution < 1.29 is 0 Å². The number of nitrogens with zero attached hydrogens (tertiary/aromatic N) is 2. The van der Waals surface area contributed by atoms with Gasteiger partial charge in [0.05, 0.1) is 0 Å². The minimum absolute atomic E-state index is 0. The first kappa shape index (κ1) is 17.7. The van der Waals surface area contributed by atoms with Gasteiger partial charge in [0, 0.05) is 50.1 Å². The van der Waals surface area contributed by atoms with E-state index in [4.69, 9.17) is 0 Å². The van der Waals surface area contributed by atoms with Gasteiger partial charge in [-0.3, -0.25) is 4.90 Å². The van der Waals surface area contributed by atoms with Gasteiger partial charge in [-0.05, 0) is 49.8 Å². The molecule has 3 nitrogen and oxygen atoms in total. The average molecular weight is 344 g/mol. The van der Waals surface area contributed by atoms with Gasteiger partial charge in [0.25, 0.3) is 0 Å². The van der Waals surface area contributed by atoms with E-state index in [0.29, 0.717) is 0 Å². The highest BCUT2D eigenvalue weighted by Crippen LogP contribution is 2.36. The second-order valence-electron chi connectivity index (χ2n) is 6.62. The van der Waals surface area contributed by atoms with E-state index >= 15 is 0 Å². The Labute approximate surface area is 146 Å².